The number of hydrogen-bond acceptors (Lipinski definition) is 5. The van der Waals surface area contributed by atoms with Crippen molar-refractivity contribution in [3.05, 3.63) is 24.3 Å². The lowest BCUT2D eigenvalue weighted by Crippen LogP contribution is -2.37. The molecule has 2 aliphatic rings. The first-order valence-electron chi connectivity index (χ1n) is 8.35. The van der Waals surface area contributed by atoms with Crippen LogP contribution < -0.4 is 9.64 Å². The van der Waals surface area contributed by atoms with E-state index in [9.17, 15) is 13.2 Å². The van der Waals surface area contributed by atoms with Crippen LogP contribution in [0.15, 0.2) is 29.3 Å². The second-order valence-electron chi connectivity index (χ2n) is 6.26. The normalized spacial score (nSPS) is 26.0. The Hall–Kier alpha value is -1.54. The predicted octanol–water partition coefficient (Wildman–Crippen LogP) is 2.49. The van der Waals surface area contributed by atoms with Gasteiger partial charge in [0.2, 0.25) is 5.91 Å². The summed E-state index contributed by atoms with van der Waals surface area (Å²) < 4.78 is 29.4. The molecule has 25 heavy (non-hydrogen) atoms. The number of rotatable bonds is 5. The van der Waals surface area contributed by atoms with Crippen LogP contribution in [0.5, 0.6) is 5.75 Å². The number of fused-ring (bicyclic) bond motifs is 1. The molecule has 1 aromatic rings. The van der Waals surface area contributed by atoms with Crippen molar-refractivity contribution < 1.29 is 17.9 Å². The van der Waals surface area contributed by atoms with Crippen LogP contribution >= 0.6 is 11.8 Å². The van der Waals surface area contributed by atoms with E-state index in [1.165, 1.54) is 11.8 Å². The molecule has 1 aromatic carbocycles. The third kappa shape index (κ3) is 4.00. The first-order chi connectivity index (χ1) is 11.9. The van der Waals surface area contributed by atoms with E-state index in [-0.39, 0.29) is 28.7 Å². The third-order valence-electron chi connectivity index (χ3n) is 4.36. The maximum absolute atomic E-state index is 12.1. The molecule has 8 heteroatoms. The number of carbonyl (C=O) groups is 1. The van der Waals surface area contributed by atoms with Crippen LogP contribution in [-0.2, 0) is 14.6 Å². The van der Waals surface area contributed by atoms with E-state index in [1.807, 2.05) is 36.1 Å². The van der Waals surface area contributed by atoms with Crippen LogP contribution in [0.2, 0.25) is 0 Å². The quantitative estimate of drug-likeness (QED) is 0.779. The minimum absolute atomic E-state index is 0.0873. The molecule has 0 unspecified atom stereocenters. The van der Waals surface area contributed by atoms with Gasteiger partial charge in [-0.15, -0.1) is 0 Å². The number of thioether (sulfide) groups is 1. The number of unbranched alkanes of at least 4 members (excludes halogenated alkanes) is 1. The largest absolute Gasteiger partial charge is 0.497 e. The summed E-state index contributed by atoms with van der Waals surface area (Å²) in [5.74, 6) is 0.748. The van der Waals surface area contributed by atoms with E-state index >= 15 is 0 Å². The van der Waals surface area contributed by atoms with E-state index in [0.29, 0.717) is 17.3 Å². The molecule has 0 aliphatic carbocycles. The molecule has 3 rings (SSSR count). The fourth-order valence-electron chi connectivity index (χ4n) is 3.12. The Morgan fingerprint density at radius 2 is 2.20 bits per heavy atom. The first kappa shape index (κ1) is 18.3. The minimum atomic E-state index is -3.06. The van der Waals surface area contributed by atoms with Gasteiger partial charge in [0.15, 0.2) is 15.0 Å². The third-order valence-corrected chi connectivity index (χ3v) is 7.57. The van der Waals surface area contributed by atoms with E-state index in [2.05, 4.69) is 4.99 Å². The minimum Gasteiger partial charge on any atom is -0.497 e. The molecule has 2 fully saturated rings. The number of benzene rings is 1. The summed E-state index contributed by atoms with van der Waals surface area (Å²) in [6, 6.07) is 7.23. The molecule has 0 aromatic heterocycles. The SMILES string of the molecule is CCCCC(=O)N=C1S[C@@H]2CS(=O)(=O)C[C@H]2N1c1cccc(OC)c1. The molecule has 0 radical (unpaired) electrons. The molecular formula is C17H22N2O4S2. The number of ether oxygens (including phenoxy) is 1. The van der Waals surface area contributed by atoms with Crippen molar-refractivity contribution in [1.29, 1.82) is 0 Å². The molecule has 2 saturated heterocycles. The van der Waals surface area contributed by atoms with Gasteiger partial charge in [-0.1, -0.05) is 31.2 Å². The topological polar surface area (TPSA) is 76.0 Å². The summed E-state index contributed by atoms with van der Waals surface area (Å²) in [4.78, 5) is 18.3. The van der Waals surface area contributed by atoms with Gasteiger partial charge in [-0.2, -0.15) is 4.99 Å². The fourth-order valence-corrected chi connectivity index (χ4v) is 7.05. The van der Waals surface area contributed by atoms with Crippen LogP contribution in [0, 0.1) is 0 Å². The lowest BCUT2D eigenvalue weighted by atomic mass is 10.2. The number of aliphatic imine (C=N–C) groups is 1. The summed E-state index contributed by atoms with van der Waals surface area (Å²) >= 11 is 1.40. The lowest BCUT2D eigenvalue weighted by Gasteiger charge is -2.24. The Bertz CT molecular complexity index is 792. The van der Waals surface area contributed by atoms with Gasteiger partial charge in [-0.25, -0.2) is 8.42 Å². The monoisotopic (exact) mass is 382 g/mol. The smallest absolute Gasteiger partial charge is 0.248 e. The molecule has 0 bridgehead atoms. The van der Waals surface area contributed by atoms with Gasteiger partial charge in [0.25, 0.3) is 0 Å². The van der Waals surface area contributed by atoms with Gasteiger partial charge in [-0.3, -0.25) is 4.79 Å². The van der Waals surface area contributed by atoms with Gasteiger partial charge in [0, 0.05) is 23.4 Å². The van der Waals surface area contributed by atoms with Crippen molar-refractivity contribution in [2.24, 2.45) is 4.99 Å². The van der Waals surface area contributed by atoms with Gasteiger partial charge in [-0.05, 0) is 18.6 Å². The number of sulfone groups is 1. The number of amidine groups is 1. The molecule has 2 atom stereocenters. The zero-order valence-corrected chi connectivity index (χ0v) is 16.0. The number of nitrogens with zero attached hydrogens (tertiary/aromatic N) is 2. The van der Waals surface area contributed by atoms with Crippen LogP contribution in [0.25, 0.3) is 0 Å². The number of anilines is 1. The summed E-state index contributed by atoms with van der Waals surface area (Å²) in [6.07, 6.45) is 2.16. The van der Waals surface area contributed by atoms with Gasteiger partial charge < -0.3 is 9.64 Å². The van der Waals surface area contributed by atoms with Crippen molar-refractivity contribution in [3.63, 3.8) is 0 Å². The second kappa shape index (κ2) is 7.37. The molecule has 2 heterocycles. The lowest BCUT2D eigenvalue weighted by molar-refractivity contribution is -0.117. The zero-order valence-electron chi connectivity index (χ0n) is 14.3. The average molecular weight is 383 g/mol. The first-order valence-corrected chi connectivity index (χ1v) is 11.1. The summed E-state index contributed by atoms with van der Waals surface area (Å²) in [6.45, 7) is 2.03. The second-order valence-corrected chi connectivity index (χ2v) is 9.62. The van der Waals surface area contributed by atoms with Gasteiger partial charge in [0.1, 0.15) is 5.75 Å². The average Bonchev–Trinajstić information content (AvgIpc) is 3.03. The summed E-state index contributed by atoms with van der Waals surface area (Å²) in [7, 11) is -1.47. The van der Waals surface area contributed by atoms with Crippen molar-refractivity contribution in [3.8, 4) is 5.75 Å². The van der Waals surface area contributed by atoms with Crippen LogP contribution in [0.3, 0.4) is 0 Å². The number of hydrogen-bond donors (Lipinski definition) is 0. The van der Waals surface area contributed by atoms with E-state index in [0.717, 1.165) is 18.5 Å². The maximum Gasteiger partial charge on any atom is 0.248 e. The molecule has 0 N–H and O–H groups in total. The van der Waals surface area contributed by atoms with Crippen LogP contribution in [0.1, 0.15) is 26.2 Å². The van der Waals surface area contributed by atoms with Crippen molar-refractivity contribution >= 4 is 38.4 Å². The molecule has 2 aliphatic heterocycles. The Morgan fingerprint density at radius 1 is 1.40 bits per heavy atom. The summed E-state index contributed by atoms with van der Waals surface area (Å²) in [5, 5.41) is 0.508. The van der Waals surface area contributed by atoms with Gasteiger partial charge >= 0.3 is 0 Å². The Morgan fingerprint density at radius 3 is 2.92 bits per heavy atom. The Kier molecular flexibility index (Phi) is 5.38. The standard InChI is InChI=1S/C17H22N2O4S2/c1-3-4-8-16(20)18-17-19(12-6-5-7-13(9-12)23-2)14-10-25(21,22)11-15(14)24-17/h5-7,9,14-15H,3-4,8,10-11H2,1-2H3/t14-,15-/m1/s1. The van der Waals surface area contributed by atoms with Gasteiger partial charge in [0.05, 0.1) is 24.7 Å². The van der Waals surface area contributed by atoms with Crippen LogP contribution in [0.4, 0.5) is 5.69 Å². The van der Waals surface area contributed by atoms with Crippen molar-refractivity contribution in [2.75, 3.05) is 23.5 Å². The number of methoxy groups -OCH3 is 1. The van der Waals surface area contributed by atoms with Crippen molar-refractivity contribution in [1.82, 2.24) is 0 Å². The van der Waals surface area contributed by atoms with E-state index in [1.54, 1.807) is 7.11 Å². The maximum atomic E-state index is 12.1. The molecule has 0 saturated carbocycles. The molecule has 6 nitrogen and oxygen atoms in total. The number of carbonyl (C=O) groups excluding carboxylic acids is 1. The zero-order chi connectivity index (χ0) is 18.0. The molecule has 136 valence electrons. The summed E-state index contributed by atoms with van der Waals surface area (Å²) in [5.41, 5.74) is 0.804. The highest BCUT2D eigenvalue weighted by Crippen LogP contribution is 2.41. The Labute approximate surface area is 152 Å². The molecule has 0 spiro atoms. The predicted molar refractivity (Wildman–Crippen MR) is 101 cm³/mol. The highest BCUT2D eigenvalue weighted by molar-refractivity contribution is 8.16. The number of amides is 1. The van der Waals surface area contributed by atoms with E-state index < -0.39 is 9.84 Å². The van der Waals surface area contributed by atoms with E-state index in [4.69, 9.17) is 4.74 Å². The molecular weight excluding hydrogens is 360 g/mol. The highest BCUT2D eigenvalue weighted by atomic mass is 32.2. The molecule has 1 amide bonds. The fraction of sp³-hybridized carbons (Fsp3) is 0.529. The van der Waals surface area contributed by atoms with Crippen molar-refractivity contribution in [2.45, 2.75) is 37.5 Å². The Balaban J connectivity index is 1.95. The van der Waals surface area contributed by atoms with Crippen LogP contribution in [-0.4, -0.2) is 49.4 Å². The highest BCUT2D eigenvalue weighted by Gasteiger charge is 2.49.